The lowest BCUT2D eigenvalue weighted by atomic mass is 9.77. The highest BCUT2D eigenvalue weighted by Crippen LogP contribution is 2.37. The second-order valence-electron chi connectivity index (χ2n) is 14.5. The number of carboxylic acid groups (broad SMARTS) is 4. The molecule has 4 N–H and O–H groups in total. The SMILES string of the molecule is C=COC(=O)C1(C(=O)O)CCCCCCCCC1.C=COC(=O)C1(C(=O)O)CCCCCCCCC1.O=C(O)C1(C(=O)O)CCCCCCCCC1. The van der Waals surface area contributed by atoms with Crippen LogP contribution in [0.4, 0.5) is 0 Å². The second kappa shape index (κ2) is 25.3. The number of ether oxygens (including phenoxy) is 2. The topological polar surface area (TPSA) is 202 Å². The molecule has 0 saturated heterocycles. The van der Waals surface area contributed by atoms with Crippen molar-refractivity contribution in [2.24, 2.45) is 16.2 Å². The second-order valence-corrected chi connectivity index (χ2v) is 14.5. The fourth-order valence-corrected chi connectivity index (χ4v) is 7.49. The third kappa shape index (κ3) is 14.7. The van der Waals surface area contributed by atoms with Gasteiger partial charge in [0, 0.05) is 0 Å². The summed E-state index contributed by atoms with van der Waals surface area (Å²) in [5, 5.41) is 37.2. The number of esters is 2. The van der Waals surface area contributed by atoms with Gasteiger partial charge in [-0.3, -0.25) is 28.8 Å². The summed E-state index contributed by atoms with van der Waals surface area (Å²) >= 11 is 0. The molecule has 3 aliphatic carbocycles. The minimum Gasteiger partial charge on any atom is -0.480 e. The molecule has 0 aromatic carbocycles. The van der Waals surface area contributed by atoms with Crippen molar-refractivity contribution in [3.8, 4) is 0 Å². The molecule has 3 aliphatic rings. The van der Waals surface area contributed by atoms with E-state index in [1.165, 1.54) is 19.3 Å². The summed E-state index contributed by atoms with van der Waals surface area (Å²) in [6.45, 7) is 6.65. The molecule has 3 saturated carbocycles. The van der Waals surface area contributed by atoms with Crippen LogP contribution in [0.2, 0.25) is 0 Å². The molecular weight excluding hydrogens is 672 g/mol. The van der Waals surface area contributed by atoms with Gasteiger partial charge in [-0.2, -0.15) is 0 Å². The minimum absolute atomic E-state index is 0.275. The molecule has 3 fully saturated rings. The van der Waals surface area contributed by atoms with Crippen LogP contribution in [0.5, 0.6) is 0 Å². The van der Waals surface area contributed by atoms with Crippen molar-refractivity contribution in [1.82, 2.24) is 0 Å². The molecule has 0 heterocycles. The Balaban J connectivity index is 0.000000391. The molecule has 0 atom stereocenters. The van der Waals surface area contributed by atoms with Crippen LogP contribution in [0.25, 0.3) is 0 Å². The van der Waals surface area contributed by atoms with E-state index >= 15 is 0 Å². The van der Waals surface area contributed by atoms with Gasteiger partial charge in [-0.1, -0.05) is 148 Å². The van der Waals surface area contributed by atoms with E-state index in [1.807, 2.05) is 0 Å². The lowest BCUT2D eigenvalue weighted by Gasteiger charge is -2.27. The van der Waals surface area contributed by atoms with Crippen LogP contribution in [0.15, 0.2) is 25.7 Å². The molecule has 0 aliphatic heterocycles. The number of rotatable bonds is 8. The quantitative estimate of drug-likeness (QED) is 0.105. The van der Waals surface area contributed by atoms with E-state index in [0.29, 0.717) is 38.5 Å². The molecule has 52 heavy (non-hydrogen) atoms. The van der Waals surface area contributed by atoms with Crippen molar-refractivity contribution >= 4 is 35.8 Å². The summed E-state index contributed by atoms with van der Waals surface area (Å²) in [4.78, 5) is 69.3. The van der Waals surface area contributed by atoms with Gasteiger partial charge in [0.2, 0.25) is 0 Å². The summed E-state index contributed by atoms with van der Waals surface area (Å²) < 4.78 is 9.52. The molecule has 0 bridgehead atoms. The Labute approximate surface area is 309 Å². The monoisotopic (exact) mass is 736 g/mol. The molecule has 3 rings (SSSR count). The zero-order valence-corrected chi connectivity index (χ0v) is 31.2. The molecule has 0 aromatic rings. The van der Waals surface area contributed by atoms with Crippen LogP contribution in [0.3, 0.4) is 0 Å². The van der Waals surface area contributed by atoms with Crippen LogP contribution < -0.4 is 0 Å². The van der Waals surface area contributed by atoms with E-state index in [9.17, 15) is 39.0 Å². The fourth-order valence-electron chi connectivity index (χ4n) is 7.49. The highest BCUT2D eigenvalue weighted by Gasteiger charge is 2.48. The smallest absolute Gasteiger partial charge is 0.328 e. The van der Waals surface area contributed by atoms with Crippen molar-refractivity contribution in [1.29, 1.82) is 0 Å². The predicted octanol–water partition coefficient (Wildman–Crippen LogP) is 9.20. The van der Waals surface area contributed by atoms with Crippen molar-refractivity contribution < 1.29 is 58.7 Å². The molecular formula is C40H64O12. The first kappa shape index (κ1) is 46.3. The van der Waals surface area contributed by atoms with Crippen molar-refractivity contribution in [3.05, 3.63) is 25.7 Å². The molecule has 0 unspecified atom stereocenters. The van der Waals surface area contributed by atoms with Crippen molar-refractivity contribution in [2.75, 3.05) is 0 Å². The summed E-state index contributed by atoms with van der Waals surface area (Å²) in [6.07, 6.45) is 24.6. The highest BCUT2D eigenvalue weighted by atomic mass is 16.5. The lowest BCUT2D eigenvalue weighted by molar-refractivity contribution is -0.168. The van der Waals surface area contributed by atoms with Gasteiger partial charge in [0.25, 0.3) is 0 Å². The maximum absolute atomic E-state index is 12.0. The summed E-state index contributed by atoms with van der Waals surface area (Å²) in [5.74, 6) is -5.78. The zero-order valence-electron chi connectivity index (χ0n) is 31.2. The largest absolute Gasteiger partial charge is 0.480 e. The Bertz CT molecular complexity index is 1050. The van der Waals surface area contributed by atoms with Gasteiger partial charge in [0.1, 0.15) is 0 Å². The van der Waals surface area contributed by atoms with E-state index in [2.05, 4.69) is 13.2 Å². The standard InChI is InChI=1S/2C14H22O4.C12H20O4/c2*1-2-18-13(17)14(12(15)16)10-8-6-4-3-5-7-9-11-14;13-10(14)12(11(15)16)8-6-4-2-1-3-5-7-9-12/h2*2H,1,3-11H2,(H,15,16);1-9H2,(H,13,14)(H,15,16). The first-order valence-corrected chi connectivity index (χ1v) is 19.4. The number of carbonyl (C=O) groups excluding carboxylic acids is 2. The van der Waals surface area contributed by atoms with Gasteiger partial charge in [-0.25, -0.2) is 0 Å². The average molecular weight is 737 g/mol. The van der Waals surface area contributed by atoms with E-state index in [1.54, 1.807) is 0 Å². The van der Waals surface area contributed by atoms with Gasteiger partial charge >= 0.3 is 35.8 Å². The first-order valence-electron chi connectivity index (χ1n) is 19.4. The molecule has 0 amide bonds. The van der Waals surface area contributed by atoms with E-state index < -0.39 is 52.1 Å². The van der Waals surface area contributed by atoms with Gasteiger partial charge in [-0.15, -0.1) is 0 Å². The van der Waals surface area contributed by atoms with E-state index in [4.69, 9.17) is 19.7 Å². The molecule has 296 valence electrons. The van der Waals surface area contributed by atoms with Crippen molar-refractivity contribution in [2.45, 2.75) is 173 Å². The van der Waals surface area contributed by atoms with Crippen LogP contribution in [-0.4, -0.2) is 56.2 Å². The fraction of sp³-hybridized carbons (Fsp3) is 0.750. The number of hydrogen-bond donors (Lipinski definition) is 4. The number of carboxylic acids is 4. The molecule has 0 aromatic heterocycles. The van der Waals surface area contributed by atoms with Gasteiger partial charge in [0.15, 0.2) is 16.2 Å². The Hall–Kier alpha value is -3.70. The zero-order chi connectivity index (χ0) is 38.9. The minimum atomic E-state index is -1.53. The third-order valence-electron chi connectivity index (χ3n) is 10.9. The summed E-state index contributed by atoms with van der Waals surface area (Å²) in [6, 6.07) is 0. The first-order chi connectivity index (χ1) is 24.9. The number of aliphatic carboxylic acids is 4. The normalized spacial score (nSPS) is 21.2. The third-order valence-corrected chi connectivity index (χ3v) is 10.9. The Morgan fingerprint density at radius 1 is 0.346 bits per heavy atom. The maximum atomic E-state index is 12.0. The number of carbonyl (C=O) groups is 6. The predicted molar refractivity (Wildman–Crippen MR) is 195 cm³/mol. The number of hydrogen-bond acceptors (Lipinski definition) is 8. The van der Waals surface area contributed by atoms with Crippen molar-refractivity contribution in [3.63, 3.8) is 0 Å². The summed E-state index contributed by atoms with van der Waals surface area (Å²) in [5.41, 5.74) is -4.27. The van der Waals surface area contributed by atoms with Crippen LogP contribution in [0.1, 0.15) is 173 Å². The Morgan fingerprint density at radius 2 is 0.519 bits per heavy atom. The Morgan fingerprint density at radius 3 is 0.692 bits per heavy atom. The van der Waals surface area contributed by atoms with Crippen LogP contribution in [0, 0.1) is 16.2 Å². The molecule has 0 spiro atoms. The highest BCUT2D eigenvalue weighted by molar-refractivity contribution is 6.00. The van der Waals surface area contributed by atoms with Gasteiger partial charge < -0.3 is 29.9 Å². The van der Waals surface area contributed by atoms with Crippen LogP contribution in [-0.2, 0) is 38.2 Å². The maximum Gasteiger partial charge on any atom is 0.328 e. The Kier molecular flexibility index (Phi) is 22.5. The van der Waals surface area contributed by atoms with E-state index in [0.717, 1.165) is 115 Å². The molecule has 0 radical (unpaired) electrons. The lowest BCUT2D eigenvalue weighted by Crippen LogP contribution is -2.40. The average Bonchev–Trinajstić information content (AvgIpc) is 3.11. The van der Waals surface area contributed by atoms with E-state index in [-0.39, 0.29) is 12.8 Å². The van der Waals surface area contributed by atoms with Gasteiger partial charge in [0.05, 0.1) is 12.5 Å². The molecule has 12 heteroatoms. The molecule has 12 nitrogen and oxygen atoms in total. The summed E-state index contributed by atoms with van der Waals surface area (Å²) in [7, 11) is 0. The van der Waals surface area contributed by atoms with Gasteiger partial charge in [-0.05, 0) is 38.5 Å². The van der Waals surface area contributed by atoms with Crippen LogP contribution >= 0.6 is 0 Å².